The van der Waals surface area contributed by atoms with E-state index in [1.54, 1.807) is 0 Å². The van der Waals surface area contributed by atoms with Crippen LogP contribution in [0, 0.1) is 0 Å². The van der Waals surface area contributed by atoms with Crippen LogP contribution in [0.25, 0.3) is 0 Å². The van der Waals surface area contributed by atoms with E-state index in [9.17, 15) is 9.59 Å². The van der Waals surface area contributed by atoms with Crippen LogP contribution in [0.5, 0.6) is 0 Å². The second-order valence-corrected chi connectivity index (χ2v) is 1.83. The van der Waals surface area contributed by atoms with E-state index in [1.165, 1.54) is 12.2 Å². The average molecular weight is 138 g/mol. The van der Waals surface area contributed by atoms with Crippen LogP contribution < -0.4 is 0 Å². The lowest BCUT2D eigenvalue weighted by Gasteiger charge is -1.89. The molecule has 0 unspecified atom stereocenters. The summed E-state index contributed by atoms with van der Waals surface area (Å²) >= 11 is 0. The summed E-state index contributed by atoms with van der Waals surface area (Å²) in [6, 6.07) is 0. The Morgan fingerprint density at radius 2 is 1.30 bits per heavy atom. The Balaban J connectivity index is 3.81. The Hall–Kier alpha value is -1.18. The zero-order chi connectivity index (χ0) is 7.98. The number of allylic oxidation sites excluding steroid dienone is 2. The number of hydrogen-bond acceptors (Lipinski definition) is 2. The van der Waals surface area contributed by atoms with Crippen LogP contribution in [0.2, 0.25) is 0 Å². The predicted molar refractivity (Wildman–Crippen MR) is 39.6 cm³/mol. The highest BCUT2D eigenvalue weighted by Crippen LogP contribution is 1.91. The topological polar surface area (TPSA) is 34.1 Å². The van der Waals surface area contributed by atoms with Gasteiger partial charge in [0.1, 0.15) is 0 Å². The molecule has 0 aliphatic carbocycles. The van der Waals surface area contributed by atoms with Crippen LogP contribution in [0.3, 0.4) is 0 Å². The van der Waals surface area contributed by atoms with Gasteiger partial charge in [-0.1, -0.05) is 12.2 Å². The van der Waals surface area contributed by atoms with Crippen molar-refractivity contribution < 1.29 is 9.59 Å². The molecule has 0 aliphatic heterocycles. The van der Waals surface area contributed by atoms with E-state index in [-0.39, 0.29) is 12.8 Å². The van der Waals surface area contributed by atoms with Gasteiger partial charge in [0.2, 0.25) is 11.6 Å². The molecule has 2 heteroatoms. The monoisotopic (exact) mass is 138 g/mol. The van der Waals surface area contributed by atoms with Gasteiger partial charge in [-0.25, -0.2) is 0 Å². The van der Waals surface area contributed by atoms with Crippen molar-refractivity contribution in [1.82, 2.24) is 0 Å². The standard InChI is InChI=1S/C8H10O2/c1-3-5-7(9)8(10)6-4-2/h3-4H,1-2,5-6H2. The van der Waals surface area contributed by atoms with Gasteiger partial charge in [-0.15, -0.1) is 13.2 Å². The minimum Gasteiger partial charge on any atom is -0.291 e. The van der Waals surface area contributed by atoms with Gasteiger partial charge in [0, 0.05) is 12.8 Å². The average Bonchev–Trinajstić information content (AvgIpc) is 1.89. The molecule has 0 N–H and O–H groups in total. The number of hydrogen-bond donors (Lipinski definition) is 0. The van der Waals surface area contributed by atoms with Crippen molar-refractivity contribution in [2.45, 2.75) is 12.8 Å². The smallest absolute Gasteiger partial charge is 0.202 e. The molecule has 0 rings (SSSR count). The Labute approximate surface area is 60.2 Å². The quantitative estimate of drug-likeness (QED) is 0.423. The van der Waals surface area contributed by atoms with Gasteiger partial charge in [-0.05, 0) is 0 Å². The first-order valence-corrected chi connectivity index (χ1v) is 3.00. The summed E-state index contributed by atoms with van der Waals surface area (Å²) in [7, 11) is 0. The molecular formula is C8H10O2. The van der Waals surface area contributed by atoms with Crippen LogP contribution >= 0.6 is 0 Å². The molecule has 0 aliphatic rings. The molecule has 0 atom stereocenters. The van der Waals surface area contributed by atoms with E-state index in [2.05, 4.69) is 13.2 Å². The third kappa shape index (κ3) is 2.97. The molecule has 0 heterocycles. The number of carbonyl (C=O) groups is 2. The third-order valence-electron chi connectivity index (χ3n) is 0.970. The van der Waals surface area contributed by atoms with Gasteiger partial charge in [0.15, 0.2) is 0 Å². The SMILES string of the molecule is C=CCC(=O)C(=O)CC=C. The van der Waals surface area contributed by atoms with E-state index in [1.807, 2.05) is 0 Å². The van der Waals surface area contributed by atoms with E-state index >= 15 is 0 Å². The molecule has 0 aromatic heterocycles. The van der Waals surface area contributed by atoms with Crippen LogP contribution in [0.15, 0.2) is 25.3 Å². The summed E-state index contributed by atoms with van der Waals surface area (Å²) in [5, 5.41) is 0. The Morgan fingerprint density at radius 1 is 1.00 bits per heavy atom. The van der Waals surface area contributed by atoms with Crippen LogP contribution in [0.1, 0.15) is 12.8 Å². The van der Waals surface area contributed by atoms with Crippen molar-refractivity contribution in [2.24, 2.45) is 0 Å². The van der Waals surface area contributed by atoms with Crippen molar-refractivity contribution in [3.05, 3.63) is 25.3 Å². The van der Waals surface area contributed by atoms with Gasteiger partial charge in [-0.3, -0.25) is 9.59 Å². The largest absolute Gasteiger partial charge is 0.291 e. The van der Waals surface area contributed by atoms with Gasteiger partial charge in [0.05, 0.1) is 0 Å². The Kier molecular flexibility index (Phi) is 4.12. The lowest BCUT2D eigenvalue weighted by Crippen LogP contribution is -2.10. The normalized spacial score (nSPS) is 8.40. The summed E-state index contributed by atoms with van der Waals surface area (Å²) < 4.78 is 0. The van der Waals surface area contributed by atoms with Crippen molar-refractivity contribution in [3.63, 3.8) is 0 Å². The second kappa shape index (κ2) is 4.68. The molecule has 10 heavy (non-hydrogen) atoms. The Bertz CT molecular complexity index is 148. The Morgan fingerprint density at radius 3 is 1.50 bits per heavy atom. The van der Waals surface area contributed by atoms with E-state index in [0.29, 0.717) is 0 Å². The molecule has 2 nitrogen and oxygen atoms in total. The zero-order valence-electron chi connectivity index (χ0n) is 5.80. The fraction of sp³-hybridized carbons (Fsp3) is 0.250. The molecule has 0 spiro atoms. The molecule has 0 fully saturated rings. The van der Waals surface area contributed by atoms with E-state index in [4.69, 9.17) is 0 Å². The van der Waals surface area contributed by atoms with Gasteiger partial charge in [-0.2, -0.15) is 0 Å². The third-order valence-corrected chi connectivity index (χ3v) is 0.970. The lowest BCUT2D eigenvalue weighted by molar-refractivity contribution is -0.135. The van der Waals surface area contributed by atoms with E-state index < -0.39 is 11.6 Å². The van der Waals surface area contributed by atoms with Crippen molar-refractivity contribution in [3.8, 4) is 0 Å². The fourth-order valence-electron chi connectivity index (χ4n) is 0.490. The fourth-order valence-corrected chi connectivity index (χ4v) is 0.490. The van der Waals surface area contributed by atoms with Gasteiger partial charge >= 0.3 is 0 Å². The molecule has 0 amide bonds. The number of ketones is 2. The molecule has 0 saturated heterocycles. The molecule has 0 saturated carbocycles. The maximum atomic E-state index is 10.7. The molecule has 0 bridgehead atoms. The first-order valence-electron chi connectivity index (χ1n) is 3.00. The van der Waals surface area contributed by atoms with Gasteiger partial charge < -0.3 is 0 Å². The zero-order valence-corrected chi connectivity index (χ0v) is 5.80. The summed E-state index contributed by atoms with van der Waals surface area (Å²) in [4.78, 5) is 21.3. The first kappa shape index (κ1) is 8.82. The van der Waals surface area contributed by atoms with E-state index in [0.717, 1.165) is 0 Å². The van der Waals surface area contributed by atoms with Crippen LogP contribution in [-0.4, -0.2) is 11.6 Å². The summed E-state index contributed by atoms with van der Waals surface area (Å²) in [5.74, 6) is -0.787. The highest BCUT2D eigenvalue weighted by molar-refractivity contribution is 6.37. The van der Waals surface area contributed by atoms with Gasteiger partial charge in [0.25, 0.3) is 0 Å². The number of rotatable bonds is 5. The van der Waals surface area contributed by atoms with Crippen molar-refractivity contribution in [1.29, 1.82) is 0 Å². The summed E-state index contributed by atoms with van der Waals surface area (Å²) in [6.07, 6.45) is 3.10. The minimum absolute atomic E-state index is 0.132. The number of carbonyl (C=O) groups excluding carboxylic acids is 2. The second-order valence-electron chi connectivity index (χ2n) is 1.83. The number of Topliss-reactive ketones (excluding diaryl/α,β-unsaturated/α-hetero) is 2. The summed E-state index contributed by atoms with van der Waals surface area (Å²) in [5.41, 5.74) is 0. The highest BCUT2D eigenvalue weighted by atomic mass is 16.2. The lowest BCUT2D eigenvalue weighted by atomic mass is 10.1. The maximum Gasteiger partial charge on any atom is 0.202 e. The molecule has 0 aromatic carbocycles. The molecule has 54 valence electrons. The molecular weight excluding hydrogens is 128 g/mol. The van der Waals surface area contributed by atoms with Crippen LogP contribution in [0.4, 0.5) is 0 Å². The maximum absolute atomic E-state index is 10.7. The minimum atomic E-state index is -0.394. The molecule has 0 radical (unpaired) electrons. The van der Waals surface area contributed by atoms with Crippen LogP contribution in [-0.2, 0) is 9.59 Å². The first-order chi connectivity index (χ1) is 4.72. The molecule has 0 aromatic rings. The predicted octanol–water partition coefficient (Wildman–Crippen LogP) is 1.28. The van der Waals surface area contributed by atoms with Crippen molar-refractivity contribution in [2.75, 3.05) is 0 Å². The van der Waals surface area contributed by atoms with Crippen molar-refractivity contribution >= 4 is 11.6 Å². The highest BCUT2D eigenvalue weighted by Gasteiger charge is 2.08. The summed E-state index contributed by atoms with van der Waals surface area (Å²) in [6.45, 7) is 6.69.